The summed E-state index contributed by atoms with van der Waals surface area (Å²) in [5, 5.41) is 9.52. The van der Waals surface area contributed by atoms with Gasteiger partial charge in [0.25, 0.3) is 0 Å². The zero-order chi connectivity index (χ0) is 17.2. The molecule has 1 aromatic carbocycles. The summed E-state index contributed by atoms with van der Waals surface area (Å²) in [5.41, 5.74) is 0.800. The highest BCUT2D eigenvalue weighted by Crippen LogP contribution is 2.17. The Morgan fingerprint density at radius 3 is 2.58 bits per heavy atom. The van der Waals surface area contributed by atoms with Crippen LogP contribution in [0.15, 0.2) is 29.3 Å². The van der Waals surface area contributed by atoms with Gasteiger partial charge in [-0.1, -0.05) is 25.0 Å². The van der Waals surface area contributed by atoms with Crippen LogP contribution >= 0.6 is 0 Å². The Balaban J connectivity index is 1.70. The average molecular weight is 334 g/mol. The first kappa shape index (κ1) is 18.2. The van der Waals surface area contributed by atoms with E-state index in [2.05, 4.69) is 20.9 Å². The van der Waals surface area contributed by atoms with Gasteiger partial charge in [-0.3, -0.25) is 9.79 Å². The summed E-state index contributed by atoms with van der Waals surface area (Å²) >= 11 is 0. The summed E-state index contributed by atoms with van der Waals surface area (Å²) < 4.78 is 12.8. The minimum absolute atomic E-state index is 0.0782. The first-order valence-corrected chi connectivity index (χ1v) is 8.73. The Morgan fingerprint density at radius 1 is 1.21 bits per heavy atom. The number of carbonyl (C=O) groups excluding carboxylic acids is 1. The van der Waals surface area contributed by atoms with E-state index in [9.17, 15) is 9.18 Å². The van der Waals surface area contributed by atoms with Crippen molar-refractivity contribution in [3.63, 3.8) is 0 Å². The molecule has 0 spiro atoms. The van der Waals surface area contributed by atoms with Gasteiger partial charge in [-0.05, 0) is 37.5 Å². The second-order valence-electron chi connectivity index (χ2n) is 6.04. The van der Waals surface area contributed by atoms with E-state index in [1.807, 2.05) is 6.92 Å². The molecule has 132 valence electrons. The maximum atomic E-state index is 12.8. The molecule has 0 aromatic heterocycles. The van der Waals surface area contributed by atoms with E-state index in [-0.39, 0.29) is 18.1 Å². The van der Waals surface area contributed by atoms with Crippen molar-refractivity contribution >= 4 is 11.9 Å². The lowest BCUT2D eigenvalue weighted by Gasteiger charge is -2.16. The third-order valence-corrected chi connectivity index (χ3v) is 4.02. The van der Waals surface area contributed by atoms with Crippen LogP contribution in [-0.2, 0) is 11.2 Å². The average Bonchev–Trinajstić information content (AvgIpc) is 3.07. The fourth-order valence-corrected chi connectivity index (χ4v) is 2.80. The molecule has 0 atom stereocenters. The largest absolute Gasteiger partial charge is 0.357 e. The van der Waals surface area contributed by atoms with Gasteiger partial charge in [0.15, 0.2) is 5.96 Å². The molecule has 1 aromatic rings. The number of rotatable bonds is 7. The molecule has 0 saturated heterocycles. The van der Waals surface area contributed by atoms with E-state index in [0.717, 1.165) is 18.1 Å². The number of amides is 1. The van der Waals surface area contributed by atoms with Gasteiger partial charge >= 0.3 is 0 Å². The smallest absolute Gasteiger partial charge is 0.224 e. The third-order valence-electron chi connectivity index (χ3n) is 4.02. The minimum Gasteiger partial charge on any atom is -0.357 e. The van der Waals surface area contributed by atoms with Crippen LogP contribution < -0.4 is 16.0 Å². The van der Waals surface area contributed by atoms with Crippen LogP contribution in [-0.4, -0.2) is 37.5 Å². The van der Waals surface area contributed by atoms with E-state index >= 15 is 0 Å². The summed E-state index contributed by atoms with van der Waals surface area (Å²) in [7, 11) is 0. The van der Waals surface area contributed by atoms with Gasteiger partial charge in [0, 0.05) is 19.1 Å². The van der Waals surface area contributed by atoms with Crippen molar-refractivity contribution in [3.05, 3.63) is 35.6 Å². The molecule has 1 amide bonds. The molecule has 3 N–H and O–H groups in total. The normalized spacial score (nSPS) is 15.3. The maximum Gasteiger partial charge on any atom is 0.224 e. The van der Waals surface area contributed by atoms with Gasteiger partial charge in [-0.15, -0.1) is 0 Å². The summed E-state index contributed by atoms with van der Waals surface area (Å²) in [6, 6.07) is 6.49. The van der Waals surface area contributed by atoms with Crippen molar-refractivity contribution in [2.45, 2.75) is 45.1 Å². The van der Waals surface area contributed by atoms with Gasteiger partial charge in [0.05, 0.1) is 13.0 Å². The standard InChI is InChI=1S/C18H27FN4O/c1-2-20-18(23-16-5-3-4-6-16)22-12-11-21-17(24)13-14-7-9-15(19)10-8-14/h7-10,16H,2-6,11-13H2,1H3,(H,21,24)(H2,20,22,23). The number of nitrogens with zero attached hydrogens (tertiary/aromatic N) is 1. The number of aliphatic imine (C=N–C) groups is 1. The molecule has 0 heterocycles. The molecule has 0 bridgehead atoms. The van der Waals surface area contributed by atoms with Crippen LogP contribution in [0.3, 0.4) is 0 Å². The molecule has 0 aliphatic heterocycles. The van der Waals surface area contributed by atoms with Crippen molar-refractivity contribution in [2.24, 2.45) is 4.99 Å². The zero-order valence-corrected chi connectivity index (χ0v) is 14.3. The van der Waals surface area contributed by atoms with Crippen molar-refractivity contribution in [1.82, 2.24) is 16.0 Å². The fourth-order valence-electron chi connectivity index (χ4n) is 2.80. The molecule has 0 unspecified atom stereocenters. The van der Waals surface area contributed by atoms with Gasteiger partial charge in [-0.25, -0.2) is 4.39 Å². The number of carbonyl (C=O) groups is 1. The van der Waals surface area contributed by atoms with Crippen LogP contribution in [0.2, 0.25) is 0 Å². The molecule has 1 aliphatic carbocycles. The summed E-state index contributed by atoms with van der Waals surface area (Å²) in [5.74, 6) is 0.446. The second kappa shape index (κ2) is 9.90. The van der Waals surface area contributed by atoms with Crippen LogP contribution in [0.4, 0.5) is 4.39 Å². The van der Waals surface area contributed by atoms with E-state index < -0.39 is 0 Å². The van der Waals surface area contributed by atoms with Crippen LogP contribution in [0, 0.1) is 5.82 Å². The van der Waals surface area contributed by atoms with Crippen LogP contribution in [0.1, 0.15) is 38.2 Å². The molecule has 0 radical (unpaired) electrons. The highest BCUT2D eigenvalue weighted by atomic mass is 19.1. The van der Waals surface area contributed by atoms with Crippen molar-refractivity contribution in [3.8, 4) is 0 Å². The zero-order valence-electron chi connectivity index (χ0n) is 14.3. The first-order chi connectivity index (χ1) is 11.7. The van der Waals surface area contributed by atoms with Crippen LogP contribution in [0.25, 0.3) is 0 Å². The molecular weight excluding hydrogens is 307 g/mol. The molecule has 1 saturated carbocycles. The molecular formula is C18H27FN4O. The Bertz CT molecular complexity index is 538. The number of guanidine groups is 1. The van der Waals surface area contributed by atoms with Gasteiger partial charge in [0.2, 0.25) is 5.91 Å². The maximum absolute atomic E-state index is 12.8. The van der Waals surface area contributed by atoms with E-state index in [1.165, 1.54) is 37.8 Å². The van der Waals surface area contributed by atoms with Gasteiger partial charge < -0.3 is 16.0 Å². The predicted molar refractivity (Wildman–Crippen MR) is 94.5 cm³/mol. The molecule has 24 heavy (non-hydrogen) atoms. The monoisotopic (exact) mass is 334 g/mol. The number of nitrogens with one attached hydrogen (secondary N) is 3. The predicted octanol–water partition coefficient (Wildman–Crippen LogP) is 1.98. The fraction of sp³-hybridized carbons (Fsp3) is 0.556. The third kappa shape index (κ3) is 6.56. The Kier molecular flexibility index (Phi) is 7.52. The van der Waals surface area contributed by atoms with E-state index in [4.69, 9.17) is 0 Å². The lowest BCUT2D eigenvalue weighted by molar-refractivity contribution is -0.120. The molecule has 5 nitrogen and oxygen atoms in total. The topological polar surface area (TPSA) is 65.5 Å². The number of benzene rings is 1. The molecule has 6 heteroatoms. The Hall–Kier alpha value is -2.11. The first-order valence-electron chi connectivity index (χ1n) is 8.73. The van der Waals surface area contributed by atoms with E-state index in [1.54, 1.807) is 12.1 Å². The lowest BCUT2D eigenvalue weighted by Crippen LogP contribution is -2.42. The SMILES string of the molecule is CCNC(=NCCNC(=O)Cc1ccc(F)cc1)NC1CCCC1. The molecule has 1 fully saturated rings. The molecule has 2 rings (SSSR count). The number of hydrogen-bond acceptors (Lipinski definition) is 2. The highest BCUT2D eigenvalue weighted by molar-refractivity contribution is 5.80. The Morgan fingerprint density at radius 2 is 1.92 bits per heavy atom. The van der Waals surface area contributed by atoms with Gasteiger partial charge in [0.1, 0.15) is 5.82 Å². The van der Waals surface area contributed by atoms with Crippen molar-refractivity contribution in [1.29, 1.82) is 0 Å². The van der Waals surface area contributed by atoms with Crippen molar-refractivity contribution < 1.29 is 9.18 Å². The quantitative estimate of drug-likeness (QED) is 0.406. The number of hydrogen-bond donors (Lipinski definition) is 3. The van der Waals surface area contributed by atoms with Crippen LogP contribution in [0.5, 0.6) is 0 Å². The van der Waals surface area contributed by atoms with E-state index in [0.29, 0.717) is 19.1 Å². The summed E-state index contributed by atoms with van der Waals surface area (Å²) in [6.45, 7) is 3.87. The number of halogens is 1. The Labute approximate surface area is 143 Å². The molecule has 1 aliphatic rings. The minimum atomic E-state index is -0.292. The summed E-state index contributed by atoms with van der Waals surface area (Å²) in [6.07, 6.45) is 5.19. The van der Waals surface area contributed by atoms with Gasteiger partial charge in [-0.2, -0.15) is 0 Å². The lowest BCUT2D eigenvalue weighted by atomic mass is 10.1. The highest BCUT2D eigenvalue weighted by Gasteiger charge is 2.15. The van der Waals surface area contributed by atoms with Crippen molar-refractivity contribution in [2.75, 3.05) is 19.6 Å². The second-order valence-corrected chi connectivity index (χ2v) is 6.04. The summed E-state index contributed by atoms with van der Waals surface area (Å²) in [4.78, 5) is 16.4.